The Morgan fingerprint density at radius 3 is 2.11 bits per heavy atom. The summed E-state index contributed by atoms with van der Waals surface area (Å²) in [7, 11) is -4.11. The van der Waals surface area contributed by atoms with E-state index in [1.165, 1.54) is 18.2 Å². The lowest BCUT2D eigenvalue weighted by molar-refractivity contribution is -0.140. The zero-order valence-electron chi connectivity index (χ0n) is 10.2. The normalized spacial score (nSPS) is 13.5. The molecule has 0 saturated heterocycles. The zero-order valence-corrected chi connectivity index (χ0v) is 12.6. The Bertz CT molecular complexity index is 566. The van der Waals surface area contributed by atoms with E-state index in [-0.39, 0.29) is 14.9 Å². The fraction of sp³-hybridized carbons (Fsp3) is 0.364. The highest BCUT2D eigenvalue weighted by molar-refractivity contribution is 7.89. The lowest BCUT2D eigenvalue weighted by Crippen LogP contribution is -2.44. The lowest BCUT2D eigenvalue weighted by atomic mass is 10.1. The van der Waals surface area contributed by atoms with Gasteiger partial charge in [-0.1, -0.05) is 43.1 Å². The van der Waals surface area contributed by atoms with Gasteiger partial charge in [-0.2, -0.15) is 4.72 Å². The summed E-state index contributed by atoms with van der Waals surface area (Å²) in [4.78, 5) is 10.7. The van der Waals surface area contributed by atoms with Crippen molar-refractivity contribution in [1.82, 2.24) is 4.72 Å². The number of hydrogen-bond acceptors (Lipinski definition) is 3. The van der Waals surface area contributed by atoms with Crippen molar-refractivity contribution in [2.75, 3.05) is 0 Å². The Morgan fingerprint density at radius 2 is 1.74 bits per heavy atom. The molecule has 0 fully saturated rings. The molecule has 19 heavy (non-hydrogen) atoms. The van der Waals surface area contributed by atoms with Gasteiger partial charge < -0.3 is 5.11 Å². The fourth-order valence-corrected chi connectivity index (χ4v) is 3.92. The van der Waals surface area contributed by atoms with Crippen LogP contribution in [0.5, 0.6) is 0 Å². The van der Waals surface area contributed by atoms with E-state index in [9.17, 15) is 13.2 Å². The summed E-state index contributed by atoms with van der Waals surface area (Å²) in [6.07, 6.45) is 0. The first kappa shape index (κ1) is 16.2. The number of carboxylic acids is 1. The van der Waals surface area contributed by atoms with E-state index in [2.05, 4.69) is 4.72 Å². The van der Waals surface area contributed by atoms with Crippen LogP contribution in [0.3, 0.4) is 0 Å². The standard InChI is InChI=1S/C11H13Cl2NO4S/c1-6(2)9(11(15)16)14-19(17,18)10-7(12)4-3-5-8(10)13/h3-6,9,14H,1-2H3,(H,15,16)/t9-/m1/s1. The minimum absolute atomic E-state index is 0.0621. The van der Waals surface area contributed by atoms with E-state index in [1.807, 2.05) is 0 Å². The van der Waals surface area contributed by atoms with E-state index in [1.54, 1.807) is 13.8 Å². The predicted octanol–water partition coefficient (Wildman–Crippen LogP) is 2.38. The van der Waals surface area contributed by atoms with Crippen molar-refractivity contribution in [1.29, 1.82) is 0 Å². The van der Waals surface area contributed by atoms with Gasteiger partial charge in [0.1, 0.15) is 10.9 Å². The monoisotopic (exact) mass is 325 g/mol. The molecule has 0 amide bonds. The molecule has 0 spiro atoms. The van der Waals surface area contributed by atoms with Crippen molar-refractivity contribution in [3.8, 4) is 0 Å². The van der Waals surface area contributed by atoms with Gasteiger partial charge in [0.05, 0.1) is 10.0 Å². The van der Waals surface area contributed by atoms with Gasteiger partial charge >= 0.3 is 5.97 Å². The molecule has 1 rings (SSSR count). The number of rotatable bonds is 5. The Morgan fingerprint density at radius 1 is 1.26 bits per heavy atom. The SMILES string of the molecule is CC(C)[C@@H](NS(=O)(=O)c1c(Cl)cccc1Cl)C(=O)O. The van der Waals surface area contributed by atoms with E-state index >= 15 is 0 Å². The number of nitrogens with one attached hydrogen (secondary N) is 1. The molecule has 0 heterocycles. The summed E-state index contributed by atoms with van der Waals surface area (Å²) in [6.45, 7) is 3.19. The third-order valence-corrected chi connectivity index (χ3v) is 4.80. The predicted molar refractivity (Wildman–Crippen MR) is 73.0 cm³/mol. The maximum Gasteiger partial charge on any atom is 0.322 e. The number of benzene rings is 1. The van der Waals surface area contributed by atoms with Crippen molar-refractivity contribution < 1.29 is 18.3 Å². The minimum atomic E-state index is -4.11. The van der Waals surface area contributed by atoms with Gasteiger partial charge in [-0.25, -0.2) is 8.42 Å². The van der Waals surface area contributed by atoms with E-state index in [4.69, 9.17) is 28.3 Å². The first-order valence-electron chi connectivity index (χ1n) is 5.36. The number of hydrogen-bond donors (Lipinski definition) is 2. The van der Waals surface area contributed by atoms with E-state index in [0.29, 0.717) is 0 Å². The summed E-state index contributed by atoms with van der Waals surface area (Å²) in [6, 6.07) is 2.98. The highest BCUT2D eigenvalue weighted by Crippen LogP contribution is 2.29. The highest BCUT2D eigenvalue weighted by Gasteiger charge is 2.30. The average molecular weight is 326 g/mol. The summed E-state index contributed by atoms with van der Waals surface area (Å²) in [5.41, 5.74) is 0. The van der Waals surface area contributed by atoms with Gasteiger partial charge in [-0.15, -0.1) is 0 Å². The molecule has 0 saturated carbocycles. The van der Waals surface area contributed by atoms with Crippen LogP contribution in [0, 0.1) is 5.92 Å². The number of carboxylic acid groups (broad SMARTS) is 1. The molecule has 1 aromatic rings. The maximum absolute atomic E-state index is 12.1. The molecule has 0 radical (unpaired) electrons. The Balaban J connectivity index is 3.22. The second-order valence-electron chi connectivity index (χ2n) is 4.23. The van der Waals surface area contributed by atoms with Gasteiger partial charge in [0.2, 0.25) is 10.0 Å². The summed E-state index contributed by atoms with van der Waals surface area (Å²) >= 11 is 11.6. The molecule has 5 nitrogen and oxygen atoms in total. The summed E-state index contributed by atoms with van der Waals surface area (Å²) in [5.74, 6) is -1.68. The van der Waals surface area contributed by atoms with Crippen LogP contribution in [0.4, 0.5) is 0 Å². The van der Waals surface area contributed by atoms with Gasteiger partial charge in [-0.05, 0) is 18.1 Å². The maximum atomic E-state index is 12.1. The first-order chi connectivity index (χ1) is 8.66. The molecule has 0 aliphatic heterocycles. The van der Waals surface area contributed by atoms with Crippen molar-refractivity contribution in [3.05, 3.63) is 28.2 Å². The van der Waals surface area contributed by atoms with E-state index < -0.39 is 28.0 Å². The molecular weight excluding hydrogens is 313 g/mol. The quantitative estimate of drug-likeness (QED) is 0.870. The van der Waals surface area contributed by atoms with Gasteiger partial charge in [0.25, 0.3) is 0 Å². The van der Waals surface area contributed by atoms with Crippen LogP contribution in [0.2, 0.25) is 10.0 Å². The first-order valence-corrected chi connectivity index (χ1v) is 7.60. The summed E-state index contributed by atoms with van der Waals surface area (Å²) in [5, 5.41) is 8.88. The highest BCUT2D eigenvalue weighted by atomic mass is 35.5. The molecule has 2 N–H and O–H groups in total. The minimum Gasteiger partial charge on any atom is -0.480 e. The molecular formula is C11H13Cl2NO4S. The molecule has 0 aliphatic rings. The van der Waals surface area contributed by atoms with Crippen LogP contribution in [-0.4, -0.2) is 25.5 Å². The van der Waals surface area contributed by atoms with Crippen molar-refractivity contribution in [2.45, 2.75) is 24.8 Å². The number of carbonyl (C=O) groups is 1. The summed E-state index contributed by atoms with van der Waals surface area (Å²) < 4.78 is 26.4. The van der Waals surface area contributed by atoms with Crippen LogP contribution in [0.1, 0.15) is 13.8 Å². The molecule has 0 bridgehead atoms. The Hall–Kier alpha value is -0.820. The lowest BCUT2D eigenvalue weighted by Gasteiger charge is -2.18. The molecule has 0 aliphatic carbocycles. The smallest absolute Gasteiger partial charge is 0.322 e. The third-order valence-electron chi connectivity index (χ3n) is 2.40. The second kappa shape index (κ2) is 6.09. The number of halogens is 2. The Kier molecular flexibility index (Phi) is 5.20. The number of sulfonamides is 1. The molecule has 1 aromatic carbocycles. The van der Waals surface area contributed by atoms with Crippen LogP contribution in [-0.2, 0) is 14.8 Å². The molecule has 0 aromatic heterocycles. The number of aliphatic carboxylic acids is 1. The van der Waals surface area contributed by atoms with Crippen molar-refractivity contribution in [3.63, 3.8) is 0 Å². The Labute approximate surface area is 121 Å². The van der Waals surface area contributed by atoms with Gasteiger partial charge in [0.15, 0.2) is 0 Å². The van der Waals surface area contributed by atoms with Crippen LogP contribution in [0.25, 0.3) is 0 Å². The fourth-order valence-electron chi connectivity index (χ4n) is 1.44. The average Bonchev–Trinajstić information content (AvgIpc) is 2.24. The van der Waals surface area contributed by atoms with Crippen LogP contribution < -0.4 is 4.72 Å². The molecule has 1 atom stereocenters. The van der Waals surface area contributed by atoms with Crippen molar-refractivity contribution >= 4 is 39.2 Å². The van der Waals surface area contributed by atoms with E-state index in [0.717, 1.165) is 0 Å². The molecule has 106 valence electrons. The second-order valence-corrected chi connectivity index (χ2v) is 6.70. The third kappa shape index (κ3) is 3.82. The van der Waals surface area contributed by atoms with Crippen LogP contribution >= 0.6 is 23.2 Å². The van der Waals surface area contributed by atoms with Crippen molar-refractivity contribution in [2.24, 2.45) is 5.92 Å². The van der Waals surface area contributed by atoms with Gasteiger partial charge in [0, 0.05) is 0 Å². The molecule has 0 unspecified atom stereocenters. The largest absolute Gasteiger partial charge is 0.480 e. The zero-order chi connectivity index (χ0) is 14.8. The van der Waals surface area contributed by atoms with Gasteiger partial charge in [-0.3, -0.25) is 4.79 Å². The topological polar surface area (TPSA) is 83.5 Å². The van der Waals surface area contributed by atoms with Crippen LogP contribution in [0.15, 0.2) is 23.1 Å². The molecule has 8 heteroatoms.